The molecule has 0 amide bonds. The quantitative estimate of drug-likeness (QED) is 0.461. The molecule has 2 fully saturated rings. The Kier molecular flexibility index (Phi) is 4.98. The number of alkyl halides is 1. The van der Waals surface area contributed by atoms with Gasteiger partial charge in [-0.05, 0) is 67.1 Å². The molecule has 2 aliphatic rings. The summed E-state index contributed by atoms with van der Waals surface area (Å²) in [5, 5.41) is 0. The van der Waals surface area contributed by atoms with Crippen molar-refractivity contribution in [3.05, 3.63) is 35.1 Å². The maximum Gasteiger partial charge on any atom is 0.194 e. The molecule has 0 heterocycles. The molecule has 0 saturated heterocycles. The second-order valence-corrected chi connectivity index (χ2v) is 7.37. The van der Waals surface area contributed by atoms with Gasteiger partial charge in [-0.1, -0.05) is 26.2 Å². The zero-order valence-electron chi connectivity index (χ0n) is 13.5. The SMILES string of the molecule is CCCC1CCC2CC(c3cc(F)c(F)c(F)c3)CC2C(F)C1. The van der Waals surface area contributed by atoms with Gasteiger partial charge in [0.05, 0.1) is 0 Å². The van der Waals surface area contributed by atoms with E-state index in [0.717, 1.165) is 44.2 Å². The molecule has 5 atom stereocenters. The molecule has 0 N–H and O–H groups in total. The van der Waals surface area contributed by atoms with E-state index in [1.165, 1.54) is 0 Å². The van der Waals surface area contributed by atoms with Crippen LogP contribution in [0, 0.1) is 35.2 Å². The van der Waals surface area contributed by atoms with Crippen LogP contribution in [0.3, 0.4) is 0 Å². The highest BCUT2D eigenvalue weighted by Gasteiger charge is 2.42. The van der Waals surface area contributed by atoms with Gasteiger partial charge in [0, 0.05) is 0 Å². The van der Waals surface area contributed by atoms with Crippen LogP contribution in [0.1, 0.15) is 63.4 Å². The number of rotatable bonds is 3. The van der Waals surface area contributed by atoms with Crippen LogP contribution in [0.2, 0.25) is 0 Å². The van der Waals surface area contributed by atoms with Crippen molar-refractivity contribution in [1.82, 2.24) is 0 Å². The molecule has 0 aromatic heterocycles. The first-order valence-corrected chi connectivity index (χ1v) is 8.78. The first-order valence-electron chi connectivity index (χ1n) is 8.78. The van der Waals surface area contributed by atoms with Crippen molar-refractivity contribution >= 4 is 0 Å². The highest BCUT2D eigenvalue weighted by Crippen LogP contribution is 2.50. The van der Waals surface area contributed by atoms with Gasteiger partial charge in [0.15, 0.2) is 17.5 Å². The maximum atomic E-state index is 14.7. The molecule has 128 valence electrons. The zero-order chi connectivity index (χ0) is 16.6. The number of hydrogen-bond acceptors (Lipinski definition) is 0. The summed E-state index contributed by atoms with van der Waals surface area (Å²) in [4.78, 5) is 0. The van der Waals surface area contributed by atoms with Gasteiger partial charge >= 0.3 is 0 Å². The van der Waals surface area contributed by atoms with E-state index in [0.29, 0.717) is 24.3 Å². The predicted molar refractivity (Wildman–Crippen MR) is 82.4 cm³/mol. The van der Waals surface area contributed by atoms with Gasteiger partial charge in [-0.3, -0.25) is 0 Å². The van der Waals surface area contributed by atoms with Crippen LogP contribution in [-0.2, 0) is 0 Å². The Morgan fingerprint density at radius 2 is 1.70 bits per heavy atom. The summed E-state index contributed by atoms with van der Waals surface area (Å²) in [6.45, 7) is 2.13. The van der Waals surface area contributed by atoms with Crippen LogP contribution in [0.25, 0.3) is 0 Å². The summed E-state index contributed by atoms with van der Waals surface area (Å²) in [5.74, 6) is -3.04. The fourth-order valence-electron chi connectivity index (χ4n) is 4.75. The van der Waals surface area contributed by atoms with Gasteiger partial charge in [0.2, 0.25) is 0 Å². The van der Waals surface area contributed by atoms with Gasteiger partial charge in [-0.25, -0.2) is 17.6 Å². The summed E-state index contributed by atoms with van der Waals surface area (Å²) >= 11 is 0. The highest BCUT2D eigenvalue weighted by atomic mass is 19.2. The van der Waals surface area contributed by atoms with Crippen molar-refractivity contribution in [1.29, 1.82) is 0 Å². The van der Waals surface area contributed by atoms with E-state index in [-0.39, 0.29) is 17.8 Å². The van der Waals surface area contributed by atoms with E-state index in [1.807, 2.05) is 0 Å². The van der Waals surface area contributed by atoms with E-state index in [1.54, 1.807) is 0 Å². The predicted octanol–water partition coefficient (Wildman–Crippen LogP) is 6.15. The molecular formula is C19H24F4. The van der Waals surface area contributed by atoms with E-state index in [2.05, 4.69) is 6.92 Å². The molecule has 0 radical (unpaired) electrons. The second-order valence-electron chi connectivity index (χ2n) is 7.37. The van der Waals surface area contributed by atoms with Gasteiger partial charge in [0.25, 0.3) is 0 Å². The molecule has 0 spiro atoms. The van der Waals surface area contributed by atoms with Crippen molar-refractivity contribution in [2.45, 2.75) is 64.0 Å². The average Bonchev–Trinajstić information content (AvgIpc) is 2.88. The van der Waals surface area contributed by atoms with Gasteiger partial charge < -0.3 is 0 Å². The van der Waals surface area contributed by atoms with E-state index >= 15 is 0 Å². The normalized spacial score (nSPS) is 34.2. The first-order chi connectivity index (χ1) is 11.0. The summed E-state index contributed by atoms with van der Waals surface area (Å²) in [5.41, 5.74) is 0.479. The summed E-state index contributed by atoms with van der Waals surface area (Å²) in [6.07, 6.45) is 5.39. The Labute approximate surface area is 135 Å². The maximum absolute atomic E-state index is 14.7. The van der Waals surface area contributed by atoms with Crippen LogP contribution in [0.15, 0.2) is 12.1 Å². The van der Waals surface area contributed by atoms with Crippen LogP contribution in [0.4, 0.5) is 17.6 Å². The number of hydrogen-bond donors (Lipinski definition) is 0. The third kappa shape index (κ3) is 3.41. The Bertz CT molecular complexity index is 533. The third-order valence-corrected chi connectivity index (χ3v) is 5.89. The van der Waals surface area contributed by atoms with Crippen LogP contribution >= 0.6 is 0 Å². The molecule has 4 heteroatoms. The summed E-state index contributed by atoms with van der Waals surface area (Å²) < 4.78 is 54.7. The van der Waals surface area contributed by atoms with E-state index in [4.69, 9.17) is 0 Å². The molecule has 5 unspecified atom stereocenters. The van der Waals surface area contributed by atoms with Crippen molar-refractivity contribution in [3.63, 3.8) is 0 Å². The highest BCUT2D eigenvalue weighted by molar-refractivity contribution is 5.24. The molecule has 1 aromatic rings. The molecule has 2 saturated carbocycles. The topological polar surface area (TPSA) is 0 Å². The number of halogens is 4. The Morgan fingerprint density at radius 1 is 1.00 bits per heavy atom. The molecule has 0 bridgehead atoms. The largest absolute Gasteiger partial charge is 0.247 e. The molecule has 1 aromatic carbocycles. The monoisotopic (exact) mass is 328 g/mol. The zero-order valence-corrected chi connectivity index (χ0v) is 13.5. The van der Waals surface area contributed by atoms with Crippen LogP contribution in [-0.4, -0.2) is 6.17 Å². The minimum absolute atomic E-state index is 0.0157. The lowest BCUT2D eigenvalue weighted by molar-refractivity contribution is 0.175. The van der Waals surface area contributed by atoms with E-state index in [9.17, 15) is 17.6 Å². The third-order valence-electron chi connectivity index (χ3n) is 5.89. The lowest BCUT2D eigenvalue weighted by Gasteiger charge is -2.20. The van der Waals surface area contributed by atoms with Gasteiger partial charge in [-0.15, -0.1) is 0 Å². The molecule has 23 heavy (non-hydrogen) atoms. The minimum atomic E-state index is -1.42. The summed E-state index contributed by atoms with van der Waals surface area (Å²) in [6, 6.07) is 2.17. The fraction of sp³-hybridized carbons (Fsp3) is 0.684. The lowest BCUT2D eigenvalue weighted by atomic mass is 9.89. The Hall–Kier alpha value is -1.06. The van der Waals surface area contributed by atoms with Gasteiger partial charge in [0.1, 0.15) is 6.17 Å². The van der Waals surface area contributed by atoms with Crippen LogP contribution in [0.5, 0.6) is 0 Å². The molecule has 3 rings (SSSR count). The smallest absolute Gasteiger partial charge is 0.194 e. The Morgan fingerprint density at radius 3 is 2.35 bits per heavy atom. The standard InChI is InChI=1S/C19H24F4/c1-2-3-11-4-5-12-7-13(8-15(12)16(20)6-11)14-9-17(21)19(23)18(22)10-14/h9-13,15-16H,2-8H2,1H3. The molecule has 0 aliphatic heterocycles. The summed E-state index contributed by atoms with van der Waals surface area (Å²) in [7, 11) is 0. The van der Waals surface area contributed by atoms with Crippen molar-refractivity contribution in [2.24, 2.45) is 17.8 Å². The molecule has 0 nitrogen and oxygen atoms in total. The number of fused-ring (bicyclic) bond motifs is 1. The minimum Gasteiger partial charge on any atom is -0.247 e. The molecular weight excluding hydrogens is 304 g/mol. The fourth-order valence-corrected chi connectivity index (χ4v) is 4.75. The van der Waals surface area contributed by atoms with Crippen molar-refractivity contribution in [2.75, 3.05) is 0 Å². The van der Waals surface area contributed by atoms with Crippen LogP contribution < -0.4 is 0 Å². The van der Waals surface area contributed by atoms with Crippen molar-refractivity contribution in [3.8, 4) is 0 Å². The van der Waals surface area contributed by atoms with E-state index < -0.39 is 23.6 Å². The Balaban J connectivity index is 1.74. The van der Waals surface area contributed by atoms with Crippen molar-refractivity contribution < 1.29 is 17.6 Å². The van der Waals surface area contributed by atoms with Gasteiger partial charge in [-0.2, -0.15) is 0 Å². The number of benzene rings is 1. The lowest BCUT2D eigenvalue weighted by Crippen LogP contribution is -2.19. The first kappa shape index (κ1) is 16.8. The molecule has 2 aliphatic carbocycles. The second kappa shape index (κ2) is 6.82. The average molecular weight is 328 g/mol.